The molecule has 17 heavy (non-hydrogen) atoms. The van der Waals surface area contributed by atoms with Gasteiger partial charge in [0.1, 0.15) is 5.75 Å². The van der Waals surface area contributed by atoms with Gasteiger partial charge in [-0.1, -0.05) is 28.4 Å². The predicted molar refractivity (Wildman–Crippen MR) is 70.5 cm³/mol. The smallest absolute Gasteiger partial charge is 0.303 e. The van der Waals surface area contributed by atoms with E-state index in [1.54, 1.807) is 7.11 Å². The number of halogens is 1. The Morgan fingerprint density at radius 2 is 2.12 bits per heavy atom. The first-order valence-corrected chi connectivity index (χ1v) is 6.47. The molecule has 0 saturated carbocycles. The van der Waals surface area contributed by atoms with Gasteiger partial charge in [-0.25, -0.2) is 0 Å². The lowest BCUT2D eigenvalue weighted by Crippen LogP contribution is -1.94. The molecule has 0 aromatic heterocycles. The summed E-state index contributed by atoms with van der Waals surface area (Å²) in [5.74, 6) is 0.127. The maximum Gasteiger partial charge on any atom is 0.303 e. The molecule has 0 heterocycles. The summed E-state index contributed by atoms with van der Waals surface area (Å²) in [7, 11) is 1.65. The lowest BCUT2D eigenvalue weighted by molar-refractivity contribution is -0.137. The summed E-state index contributed by atoms with van der Waals surface area (Å²) >= 11 is 3.51. The maximum absolute atomic E-state index is 10.3. The highest BCUT2D eigenvalue weighted by atomic mass is 79.9. The Labute approximate surface area is 110 Å². The van der Waals surface area contributed by atoms with Gasteiger partial charge in [-0.3, -0.25) is 4.79 Å². The summed E-state index contributed by atoms with van der Waals surface area (Å²) in [5.41, 5.74) is 1.24. The van der Waals surface area contributed by atoms with Gasteiger partial charge in [-0.2, -0.15) is 0 Å². The summed E-state index contributed by atoms with van der Waals surface area (Å²) in [6.07, 6.45) is 3.94. The van der Waals surface area contributed by atoms with Crippen molar-refractivity contribution in [1.82, 2.24) is 0 Å². The second-order valence-corrected chi connectivity index (χ2v) is 4.77. The van der Waals surface area contributed by atoms with Crippen LogP contribution in [-0.2, 0) is 11.2 Å². The van der Waals surface area contributed by atoms with Crippen molar-refractivity contribution in [2.24, 2.45) is 0 Å². The summed E-state index contributed by atoms with van der Waals surface area (Å²) in [6.45, 7) is 0. The first-order valence-electron chi connectivity index (χ1n) is 5.67. The van der Waals surface area contributed by atoms with E-state index < -0.39 is 5.97 Å². The molecular weight excluding hydrogens is 284 g/mol. The predicted octanol–water partition coefficient (Wildman–Crippen LogP) is 3.65. The number of aliphatic carboxylic acids is 1. The Kier molecular flexibility index (Phi) is 6.05. The van der Waals surface area contributed by atoms with Crippen molar-refractivity contribution in [3.05, 3.63) is 28.2 Å². The first kappa shape index (κ1) is 14.0. The zero-order valence-electron chi connectivity index (χ0n) is 9.91. The molecule has 0 saturated heterocycles. The molecule has 1 aromatic rings. The van der Waals surface area contributed by atoms with Crippen LogP contribution in [0.2, 0.25) is 0 Å². The minimum atomic E-state index is -0.712. The number of methoxy groups -OCH3 is 1. The average Bonchev–Trinajstić information content (AvgIpc) is 2.30. The maximum atomic E-state index is 10.3. The van der Waals surface area contributed by atoms with Crippen molar-refractivity contribution in [1.29, 1.82) is 0 Å². The summed E-state index contributed by atoms with van der Waals surface area (Å²) < 4.78 is 6.18. The Hall–Kier alpha value is -1.03. The number of rotatable bonds is 7. The number of hydrogen-bond acceptors (Lipinski definition) is 2. The van der Waals surface area contributed by atoms with Gasteiger partial charge in [0.15, 0.2) is 0 Å². The van der Waals surface area contributed by atoms with Crippen LogP contribution in [0.4, 0.5) is 0 Å². The zero-order chi connectivity index (χ0) is 12.7. The molecule has 1 rings (SSSR count). The van der Waals surface area contributed by atoms with Gasteiger partial charge in [-0.05, 0) is 37.0 Å². The van der Waals surface area contributed by atoms with Gasteiger partial charge < -0.3 is 9.84 Å². The SMILES string of the molecule is COc1ccc(CCCCCC(=O)O)c(Br)c1. The van der Waals surface area contributed by atoms with Gasteiger partial charge in [0.25, 0.3) is 0 Å². The fourth-order valence-electron chi connectivity index (χ4n) is 1.63. The molecule has 1 N–H and O–H groups in total. The Bertz CT molecular complexity index is 377. The highest BCUT2D eigenvalue weighted by molar-refractivity contribution is 9.10. The molecule has 94 valence electrons. The standard InChI is InChI=1S/C13H17BrO3/c1-17-11-8-7-10(12(14)9-11)5-3-2-4-6-13(15)16/h7-9H,2-6H2,1H3,(H,15,16). The van der Waals surface area contributed by atoms with Gasteiger partial charge >= 0.3 is 5.97 Å². The number of carbonyl (C=O) groups is 1. The third-order valence-corrected chi connectivity index (χ3v) is 3.34. The highest BCUT2D eigenvalue weighted by Crippen LogP contribution is 2.24. The van der Waals surface area contributed by atoms with E-state index in [0.717, 1.165) is 35.9 Å². The molecule has 0 aliphatic carbocycles. The van der Waals surface area contributed by atoms with Crippen molar-refractivity contribution < 1.29 is 14.6 Å². The molecular formula is C13H17BrO3. The van der Waals surface area contributed by atoms with Crippen LogP contribution in [0.1, 0.15) is 31.2 Å². The van der Waals surface area contributed by atoms with E-state index in [2.05, 4.69) is 15.9 Å². The molecule has 0 radical (unpaired) electrons. The van der Waals surface area contributed by atoms with Crippen LogP contribution in [0.3, 0.4) is 0 Å². The topological polar surface area (TPSA) is 46.5 Å². The molecule has 1 aromatic carbocycles. The van der Waals surface area contributed by atoms with E-state index in [1.807, 2.05) is 18.2 Å². The summed E-state index contributed by atoms with van der Waals surface area (Å²) in [4.78, 5) is 10.3. The van der Waals surface area contributed by atoms with Crippen LogP contribution >= 0.6 is 15.9 Å². The monoisotopic (exact) mass is 300 g/mol. The Morgan fingerprint density at radius 1 is 1.35 bits per heavy atom. The van der Waals surface area contributed by atoms with Gasteiger partial charge in [0, 0.05) is 10.9 Å². The quantitative estimate of drug-likeness (QED) is 0.782. The minimum Gasteiger partial charge on any atom is -0.497 e. The highest BCUT2D eigenvalue weighted by Gasteiger charge is 2.02. The molecule has 0 bridgehead atoms. The van der Waals surface area contributed by atoms with Crippen molar-refractivity contribution >= 4 is 21.9 Å². The van der Waals surface area contributed by atoms with Crippen LogP contribution < -0.4 is 4.74 Å². The first-order chi connectivity index (χ1) is 8.13. The van der Waals surface area contributed by atoms with E-state index in [1.165, 1.54) is 5.56 Å². The number of carboxylic acid groups (broad SMARTS) is 1. The zero-order valence-corrected chi connectivity index (χ0v) is 11.5. The van der Waals surface area contributed by atoms with Gasteiger partial charge in [0.05, 0.1) is 7.11 Å². The van der Waals surface area contributed by atoms with Crippen LogP contribution in [0, 0.1) is 0 Å². The van der Waals surface area contributed by atoms with Crippen LogP contribution in [0.15, 0.2) is 22.7 Å². The number of aryl methyl sites for hydroxylation is 1. The van der Waals surface area contributed by atoms with Crippen LogP contribution in [0.5, 0.6) is 5.75 Å². The Morgan fingerprint density at radius 3 is 2.71 bits per heavy atom. The normalized spacial score (nSPS) is 10.2. The van der Waals surface area contributed by atoms with Crippen LogP contribution in [-0.4, -0.2) is 18.2 Å². The van der Waals surface area contributed by atoms with E-state index in [0.29, 0.717) is 0 Å². The third-order valence-electron chi connectivity index (χ3n) is 2.60. The van der Waals surface area contributed by atoms with E-state index >= 15 is 0 Å². The lowest BCUT2D eigenvalue weighted by atomic mass is 10.1. The van der Waals surface area contributed by atoms with E-state index in [4.69, 9.17) is 9.84 Å². The number of carboxylic acids is 1. The average molecular weight is 301 g/mol. The lowest BCUT2D eigenvalue weighted by Gasteiger charge is -2.06. The summed E-state index contributed by atoms with van der Waals surface area (Å²) in [5, 5.41) is 8.51. The molecule has 0 aliphatic heterocycles. The second kappa shape index (κ2) is 7.33. The second-order valence-electron chi connectivity index (χ2n) is 3.91. The number of ether oxygens (including phenoxy) is 1. The molecule has 0 unspecified atom stereocenters. The molecule has 3 nitrogen and oxygen atoms in total. The van der Waals surface area contributed by atoms with Crippen molar-refractivity contribution in [3.8, 4) is 5.75 Å². The fraction of sp³-hybridized carbons (Fsp3) is 0.462. The summed E-state index contributed by atoms with van der Waals surface area (Å²) in [6, 6.07) is 5.93. The van der Waals surface area contributed by atoms with Crippen LogP contribution in [0.25, 0.3) is 0 Å². The molecule has 0 spiro atoms. The van der Waals surface area contributed by atoms with E-state index in [9.17, 15) is 4.79 Å². The molecule has 4 heteroatoms. The van der Waals surface area contributed by atoms with Crippen molar-refractivity contribution in [2.45, 2.75) is 32.1 Å². The van der Waals surface area contributed by atoms with E-state index in [-0.39, 0.29) is 6.42 Å². The molecule has 0 atom stereocenters. The Balaban J connectivity index is 2.34. The third kappa shape index (κ3) is 5.22. The molecule has 0 fully saturated rings. The van der Waals surface area contributed by atoms with Gasteiger partial charge in [-0.15, -0.1) is 0 Å². The van der Waals surface area contributed by atoms with Crippen molar-refractivity contribution in [2.75, 3.05) is 7.11 Å². The molecule has 0 amide bonds. The number of benzene rings is 1. The number of unbranched alkanes of at least 4 members (excludes halogenated alkanes) is 2. The fourth-order valence-corrected chi connectivity index (χ4v) is 2.18. The molecule has 0 aliphatic rings. The van der Waals surface area contributed by atoms with Crippen molar-refractivity contribution in [3.63, 3.8) is 0 Å². The minimum absolute atomic E-state index is 0.268. The van der Waals surface area contributed by atoms with Gasteiger partial charge in [0.2, 0.25) is 0 Å². The largest absolute Gasteiger partial charge is 0.497 e. The number of hydrogen-bond donors (Lipinski definition) is 1.